The zero-order chi connectivity index (χ0) is 14.4. The predicted molar refractivity (Wildman–Crippen MR) is 79.0 cm³/mol. The van der Waals surface area contributed by atoms with E-state index in [1.165, 1.54) is 0 Å². The number of benzene rings is 2. The molecule has 0 aliphatic heterocycles. The lowest BCUT2D eigenvalue weighted by molar-refractivity contribution is -0.121. The standard InChI is InChI=1S/C16H18N2O2/c17-14-8-6-12(7-9-14)10-16(20)18-15(11-19)13-4-2-1-3-5-13/h1-9,15,19H,10-11,17H2,(H,18,20). The summed E-state index contributed by atoms with van der Waals surface area (Å²) in [6.45, 7) is -0.127. The molecule has 1 unspecified atom stereocenters. The fourth-order valence-electron chi connectivity index (χ4n) is 1.99. The Morgan fingerprint density at radius 3 is 2.35 bits per heavy atom. The number of aliphatic hydroxyl groups is 1. The van der Waals surface area contributed by atoms with Crippen LogP contribution in [0.25, 0.3) is 0 Å². The first-order chi connectivity index (χ1) is 9.69. The van der Waals surface area contributed by atoms with Crippen LogP contribution in [-0.2, 0) is 11.2 Å². The number of anilines is 1. The first kappa shape index (κ1) is 14.1. The molecule has 0 spiro atoms. The van der Waals surface area contributed by atoms with Crippen LogP contribution >= 0.6 is 0 Å². The van der Waals surface area contributed by atoms with Crippen molar-refractivity contribution in [2.24, 2.45) is 0 Å². The topological polar surface area (TPSA) is 75.4 Å². The van der Waals surface area contributed by atoms with Crippen LogP contribution < -0.4 is 11.1 Å². The number of nitrogens with two attached hydrogens (primary N) is 1. The number of amides is 1. The normalized spacial score (nSPS) is 11.8. The first-order valence-electron chi connectivity index (χ1n) is 6.48. The van der Waals surface area contributed by atoms with E-state index >= 15 is 0 Å². The van der Waals surface area contributed by atoms with Gasteiger partial charge in [-0.3, -0.25) is 4.79 Å². The zero-order valence-electron chi connectivity index (χ0n) is 11.1. The number of aliphatic hydroxyl groups excluding tert-OH is 1. The summed E-state index contributed by atoms with van der Waals surface area (Å²) >= 11 is 0. The molecule has 1 atom stereocenters. The van der Waals surface area contributed by atoms with Gasteiger partial charge in [0.1, 0.15) is 0 Å². The van der Waals surface area contributed by atoms with Crippen LogP contribution in [0.4, 0.5) is 5.69 Å². The van der Waals surface area contributed by atoms with E-state index in [-0.39, 0.29) is 25.0 Å². The summed E-state index contributed by atoms with van der Waals surface area (Å²) in [5, 5.41) is 12.2. The highest BCUT2D eigenvalue weighted by molar-refractivity contribution is 5.79. The van der Waals surface area contributed by atoms with E-state index in [1.807, 2.05) is 42.5 Å². The van der Waals surface area contributed by atoms with Crippen LogP contribution in [0.1, 0.15) is 17.2 Å². The van der Waals surface area contributed by atoms with Crippen molar-refractivity contribution < 1.29 is 9.90 Å². The van der Waals surface area contributed by atoms with Gasteiger partial charge in [-0.15, -0.1) is 0 Å². The van der Waals surface area contributed by atoms with E-state index in [9.17, 15) is 9.90 Å². The lowest BCUT2D eigenvalue weighted by Crippen LogP contribution is -2.31. The predicted octanol–water partition coefficient (Wildman–Crippen LogP) is 1.66. The minimum atomic E-state index is -0.377. The third-order valence-electron chi connectivity index (χ3n) is 3.06. The van der Waals surface area contributed by atoms with Crippen LogP contribution in [0.3, 0.4) is 0 Å². The molecular weight excluding hydrogens is 252 g/mol. The molecule has 2 rings (SSSR count). The second-order valence-corrected chi connectivity index (χ2v) is 4.63. The van der Waals surface area contributed by atoms with E-state index in [0.717, 1.165) is 11.1 Å². The molecule has 0 aliphatic rings. The highest BCUT2D eigenvalue weighted by atomic mass is 16.3. The Balaban J connectivity index is 1.97. The molecule has 2 aromatic rings. The molecule has 0 saturated carbocycles. The van der Waals surface area contributed by atoms with E-state index in [1.54, 1.807) is 12.1 Å². The lowest BCUT2D eigenvalue weighted by Gasteiger charge is -2.16. The van der Waals surface area contributed by atoms with Crippen LogP contribution in [0, 0.1) is 0 Å². The Morgan fingerprint density at radius 2 is 1.75 bits per heavy atom. The van der Waals surface area contributed by atoms with Gasteiger partial charge in [-0.1, -0.05) is 42.5 Å². The smallest absolute Gasteiger partial charge is 0.224 e. The van der Waals surface area contributed by atoms with Crippen molar-refractivity contribution in [1.82, 2.24) is 5.32 Å². The van der Waals surface area contributed by atoms with Crippen molar-refractivity contribution in [2.45, 2.75) is 12.5 Å². The molecule has 0 radical (unpaired) electrons. The molecule has 1 amide bonds. The van der Waals surface area contributed by atoms with Gasteiger partial charge in [0.2, 0.25) is 5.91 Å². The van der Waals surface area contributed by atoms with Gasteiger partial charge in [0, 0.05) is 5.69 Å². The van der Waals surface area contributed by atoms with E-state index in [0.29, 0.717) is 5.69 Å². The van der Waals surface area contributed by atoms with Crippen LogP contribution in [0.15, 0.2) is 54.6 Å². The molecule has 4 heteroatoms. The van der Waals surface area contributed by atoms with Gasteiger partial charge >= 0.3 is 0 Å². The maximum absolute atomic E-state index is 12.0. The van der Waals surface area contributed by atoms with Crippen LogP contribution in [-0.4, -0.2) is 17.6 Å². The molecule has 0 bridgehead atoms. The largest absolute Gasteiger partial charge is 0.399 e. The SMILES string of the molecule is Nc1ccc(CC(=O)NC(CO)c2ccccc2)cc1. The fraction of sp³-hybridized carbons (Fsp3) is 0.188. The van der Waals surface area contributed by atoms with Crippen molar-refractivity contribution in [3.05, 3.63) is 65.7 Å². The second-order valence-electron chi connectivity index (χ2n) is 4.63. The molecule has 0 aromatic heterocycles. The Kier molecular flexibility index (Phi) is 4.74. The number of nitrogens with one attached hydrogen (secondary N) is 1. The Labute approximate surface area is 118 Å². The van der Waals surface area contributed by atoms with E-state index < -0.39 is 0 Å². The number of carbonyl (C=O) groups is 1. The molecule has 0 saturated heterocycles. The number of nitrogen functional groups attached to an aromatic ring is 1. The molecule has 4 N–H and O–H groups in total. The average Bonchev–Trinajstić information content (AvgIpc) is 2.48. The molecule has 0 fully saturated rings. The number of hydrogen-bond acceptors (Lipinski definition) is 3. The summed E-state index contributed by atoms with van der Waals surface area (Å²) in [4.78, 5) is 12.0. The Morgan fingerprint density at radius 1 is 1.10 bits per heavy atom. The maximum Gasteiger partial charge on any atom is 0.224 e. The van der Waals surface area contributed by atoms with Crippen molar-refractivity contribution in [2.75, 3.05) is 12.3 Å². The maximum atomic E-state index is 12.0. The van der Waals surface area contributed by atoms with Gasteiger partial charge in [-0.25, -0.2) is 0 Å². The average molecular weight is 270 g/mol. The lowest BCUT2D eigenvalue weighted by atomic mass is 10.1. The minimum absolute atomic E-state index is 0.127. The summed E-state index contributed by atoms with van der Waals surface area (Å²) in [5.41, 5.74) is 8.05. The highest BCUT2D eigenvalue weighted by Gasteiger charge is 2.13. The highest BCUT2D eigenvalue weighted by Crippen LogP contribution is 2.12. The molecule has 0 aliphatic carbocycles. The van der Waals surface area contributed by atoms with Crippen molar-refractivity contribution in [3.8, 4) is 0 Å². The summed E-state index contributed by atoms with van der Waals surface area (Å²) in [6, 6.07) is 16.2. The van der Waals surface area contributed by atoms with Crippen molar-refractivity contribution in [1.29, 1.82) is 0 Å². The molecule has 0 heterocycles. The molecule has 2 aromatic carbocycles. The Hall–Kier alpha value is -2.33. The third kappa shape index (κ3) is 3.83. The molecule has 4 nitrogen and oxygen atoms in total. The van der Waals surface area contributed by atoms with Gasteiger partial charge in [-0.05, 0) is 23.3 Å². The molecule has 20 heavy (non-hydrogen) atoms. The summed E-state index contributed by atoms with van der Waals surface area (Å²) in [7, 11) is 0. The zero-order valence-corrected chi connectivity index (χ0v) is 11.1. The third-order valence-corrected chi connectivity index (χ3v) is 3.06. The van der Waals surface area contributed by atoms with Crippen molar-refractivity contribution >= 4 is 11.6 Å². The number of hydrogen-bond donors (Lipinski definition) is 3. The second kappa shape index (κ2) is 6.73. The number of carbonyl (C=O) groups excluding carboxylic acids is 1. The molecular formula is C16H18N2O2. The minimum Gasteiger partial charge on any atom is -0.399 e. The number of rotatable bonds is 5. The molecule has 104 valence electrons. The van der Waals surface area contributed by atoms with Crippen LogP contribution in [0.5, 0.6) is 0 Å². The fourth-order valence-corrected chi connectivity index (χ4v) is 1.99. The van der Waals surface area contributed by atoms with E-state index in [4.69, 9.17) is 5.73 Å². The van der Waals surface area contributed by atoms with Gasteiger partial charge in [0.15, 0.2) is 0 Å². The summed E-state index contributed by atoms with van der Waals surface area (Å²) in [6.07, 6.45) is 0.267. The monoisotopic (exact) mass is 270 g/mol. The summed E-state index contributed by atoms with van der Waals surface area (Å²) < 4.78 is 0. The quantitative estimate of drug-likeness (QED) is 0.723. The van der Waals surface area contributed by atoms with E-state index in [2.05, 4.69) is 5.32 Å². The van der Waals surface area contributed by atoms with Crippen LogP contribution in [0.2, 0.25) is 0 Å². The van der Waals surface area contributed by atoms with Crippen molar-refractivity contribution in [3.63, 3.8) is 0 Å². The van der Waals surface area contributed by atoms with Gasteiger partial charge < -0.3 is 16.2 Å². The van der Waals surface area contributed by atoms with Gasteiger partial charge in [0.25, 0.3) is 0 Å². The first-order valence-corrected chi connectivity index (χ1v) is 6.48. The Bertz CT molecular complexity index is 552. The van der Waals surface area contributed by atoms with Gasteiger partial charge in [-0.2, -0.15) is 0 Å². The summed E-state index contributed by atoms with van der Waals surface area (Å²) in [5.74, 6) is -0.127. The van der Waals surface area contributed by atoms with Gasteiger partial charge in [0.05, 0.1) is 19.1 Å².